The molecule has 0 aliphatic heterocycles. The van der Waals surface area contributed by atoms with Crippen LogP contribution in [0, 0.1) is 5.82 Å². The van der Waals surface area contributed by atoms with Gasteiger partial charge >= 0.3 is 0 Å². The van der Waals surface area contributed by atoms with Crippen molar-refractivity contribution in [3.63, 3.8) is 0 Å². The smallest absolute Gasteiger partial charge is 0.244 e. The first-order valence-electron chi connectivity index (χ1n) is 5.81. The highest BCUT2D eigenvalue weighted by molar-refractivity contribution is 6.31. The zero-order chi connectivity index (χ0) is 14.4. The molecule has 0 aliphatic rings. The van der Waals surface area contributed by atoms with Crippen LogP contribution < -0.4 is 5.43 Å². The van der Waals surface area contributed by atoms with Crippen LogP contribution in [0.3, 0.4) is 0 Å². The molecule has 1 amide bonds. The van der Waals surface area contributed by atoms with Gasteiger partial charge in [-0.2, -0.15) is 5.10 Å². The number of halogens is 2. The molecule has 2 rings (SSSR count). The summed E-state index contributed by atoms with van der Waals surface area (Å²) in [6.07, 6.45) is 4.52. The van der Waals surface area contributed by atoms with E-state index < -0.39 is 11.7 Å². The lowest BCUT2D eigenvalue weighted by Gasteiger charge is -2.04. The Bertz CT molecular complexity index is 611. The number of pyridine rings is 1. The van der Waals surface area contributed by atoms with Gasteiger partial charge in [-0.25, -0.2) is 9.82 Å². The van der Waals surface area contributed by atoms with Crippen LogP contribution in [0.4, 0.5) is 4.39 Å². The van der Waals surface area contributed by atoms with Gasteiger partial charge in [0, 0.05) is 28.5 Å². The molecule has 20 heavy (non-hydrogen) atoms. The standard InChI is InChI=1S/C14H11ClFN3O/c15-12-4-1-5-13(16)11(12)7-14(20)19-18-9-10-3-2-6-17-8-10/h1-6,8-9H,7H2,(H,19,20)/b18-9-. The van der Waals surface area contributed by atoms with E-state index in [4.69, 9.17) is 11.6 Å². The van der Waals surface area contributed by atoms with Crippen LogP contribution in [0.25, 0.3) is 0 Å². The number of carbonyl (C=O) groups excluding carboxylic acids is 1. The van der Waals surface area contributed by atoms with E-state index >= 15 is 0 Å². The highest BCUT2D eigenvalue weighted by Gasteiger charge is 2.11. The SMILES string of the molecule is O=C(Cc1c(F)cccc1Cl)N/N=C\c1cccnc1. The van der Waals surface area contributed by atoms with Crippen molar-refractivity contribution in [2.75, 3.05) is 0 Å². The summed E-state index contributed by atoms with van der Waals surface area (Å²) in [6, 6.07) is 7.82. The zero-order valence-electron chi connectivity index (χ0n) is 10.4. The number of amides is 1. The first-order chi connectivity index (χ1) is 9.66. The largest absolute Gasteiger partial charge is 0.273 e. The van der Waals surface area contributed by atoms with E-state index in [2.05, 4.69) is 15.5 Å². The molecule has 0 spiro atoms. The Labute approximate surface area is 120 Å². The van der Waals surface area contributed by atoms with Gasteiger partial charge in [0.2, 0.25) is 5.91 Å². The van der Waals surface area contributed by atoms with E-state index in [0.29, 0.717) is 0 Å². The third-order valence-corrected chi connectivity index (χ3v) is 2.84. The maximum absolute atomic E-state index is 13.5. The molecule has 1 aromatic heterocycles. The lowest BCUT2D eigenvalue weighted by atomic mass is 10.1. The average Bonchev–Trinajstić information content (AvgIpc) is 2.44. The molecule has 102 valence electrons. The van der Waals surface area contributed by atoms with Crippen molar-refractivity contribution in [1.82, 2.24) is 10.4 Å². The highest BCUT2D eigenvalue weighted by Crippen LogP contribution is 2.19. The minimum Gasteiger partial charge on any atom is -0.273 e. The number of hydrogen-bond acceptors (Lipinski definition) is 3. The van der Waals surface area contributed by atoms with E-state index in [1.807, 2.05) is 0 Å². The van der Waals surface area contributed by atoms with Crippen LogP contribution in [-0.2, 0) is 11.2 Å². The fourth-order valence-corrected chi connectivity index (χ4v) is 1.76. The van der Waals surface area contributed by atoms with Crippen LogP contribution in [-0.4, -0.2) is 17.1 Å². The van der Waals surface area contributed by atoms with E-state index in [9.17, 15) is 9.18 Å². The molecule has 0 unspecified atom stereocenters. The van der Waals surface area contributed by atoms with Crippen molar-refractivity contribution in [3.05, 3.63) is 64.7 Å². The molecule has 4 nitrogen and oxygen atoms in total. The first-order valence-corrected chi connectivity index (χ1v) is 6.19. The highest BCUT2D eigenvalue weighted by atomic mass is 35.5. The lowest BCUT2D eigenvalue weighted by Crippen LogP contribution is -2.20. The molecule has 2 aromatic rings. The van der Waals surface area contributed by atoms with Gasteiger partial charge in [0.1, 0.15) is 5.82 Å². The first kappa shape index (κ1) is 14.1. The van der Waals surface area contributed by atoms with Crippen LogP contribution >= 0.6 is 11.6 Å². The predicted molar refractivity (Wildman–Crippen MR) is 75.1 cm³/mol. The molecule has 0 aliphatic carbocycles. The molecule has 0 saturated heterocycles. The van der Waals surface area contributed by atoms with Crippen molar-refractivity contribution in [1.29, 1.82) is 0 Å². The number of nitrogens with zero attached hydrogens (tertiary/aromatic N) is 2. The van der Waals surface area contributed by atoms with Crippen molar-refractivity contribution >= 4 is 23.7 Å². The molecular weight excluding hydrogens is 281 g/mol. The Balaban J connectivity index is 1.95. The Morgan fingerprint density at radius 2 is 2.25 bits per heavy atom. The summed E-state index contributed by atoms with van der Waals surface area (Å²) in [5, 5.41) is 3.99. The number of nitrogens with one attached hydrogen (secondary N) is 1. The second-order valence-electron chi connectivity index (χ2n) is 3.96. The summed E-state index contributed by atoms with van der Waals surface area (Å²) < 4.78 is 13.5. The molecule has 0 bridgehead atoms. The van der Waals surface area contributed by atoms with Gasteiger partial charge in [0.05, 0.1) is 12.6 Å². The minimum atomic E-state index is -0.510. The summed E-state index contributed by atoms with van der Waals surface area (Å²) in [6.45, 7) is 0. The van der Waals surface area contributed by atoms with Crippen LogP contribution in [0.1, 0.15) is 11.1 Å². The minimum absolute atomic E-state index is 0.156. The molecule has 0 fully saturated rings. The second-order valence-corrected chi connectivity index (χ2v) is 4.36. The Morgan fingerprint density at radius 1 is 1.40 bits per heavy atom. The maximum atomic E-state index is 13.5. The number of hydrogen-bond donors (Lipinski definition) is 1. The van der Waals surface area contributed by atoms with Gasteiger partial charge in [-0.05, 0) is 18.2 Å². The van der Waals surface area contributed by atoms with Gasteiger partial charge in [0.25, 0.3) is 0 Å². The Kier molecular flexibility index (Phi) is 4.79. The zero-order valence-corrected chi connectivity index (χ0v) is 11.1. The number of rotatable bonds is 4. The van der Waals surface area contributed by atoms with E-state index in [1.54, 1.807) is 24.5 Å². The maximum Gasteiger partial charge on any atom is 0.244 e. The number of carbonyl (C=O) groups is 1. The van der Waals surface area contributed by atoms with Gasteiger partial charge in [0.15, 0.2) is 0 Å². The van der Waals surface area contributed by atoms with Crippen molar-refractivity contribution in [3.8, 4) is 0 Å². The summed E-state index contributed by atoms with van der Waals surface area (Å²) in [4.78, 5) is 15.5. The van der Waals surface area contributed by atoms with Crippen LogP contribution in [0.15, 0.2) is 47.8 Å². The lowest BCUT2D eigenvalue weighted by molar-refractivity contribution is -0.120. The Morgan fingerprint density at radius 3 is 2.95 bits per heavy atom. The molecule has 0 radical (unpaired) electrons. The third-order valence-electron chi connectivity index (χ3n) is 2.49. The van der Waals surface area contributed by atoms with Gasteiger partial charge in [-0.3, -0.25) is 9.78 Å². The van der Waals surface area contributed by atoms with E-state index in [-0.39, 0.29) is 17.0 Å². The topological polar surface area (TPSA) is 54.4 Å². The fraction of sp³-hybridized carbons (Fsp3) is 0.0714. The predicted octanol–water partition coefficient (Wildman–Crippen LogP) is 2.57. The second kappa shape index (κ2) is 6.77. The van der Waals surface area contributed by atoms with Crippen molar-refractivity contribution in [2.24, 2.45) is 5.10 Å². The Hall–Kier alpha value is -2.27. The molecule has 1 heterocycles. The quantitative estimate of drug-likeness (QED) is 0.695. The molecule has 0 atom stereocenters. The summed E-state index contributed by atoms with van der Waals surface area (Å²) in [7, 11) is 0. The number of aromatic nitrogens is 1. The number of benzene rings is 1. The molecule has 1 aromatic carbocycles. The van der Waals surface area contributed by atoms with Crippen molar-refractivity contribution < 1.29 is 9.18 Å². The summed E-state index contributed by atoms with van der Waals surface area (Å²) in [5.74, 6) is -0.957. The molecule has 6 heteroatoms. The third kappa shape index (κ3) is 3.86. The van der Waals surface area contributed by atoms with Crippen LogP contribution in [0.5, 0.6) is 0 Å². The van der Waals surface area contributed by atoms with Gasteiger partial charge in [-0.15, -0.1) is 0 Å². The molecule has 1 N–H and O–H groups in total. The summed E-state index contributed by atoms with van der Waals surface area (Å²) in [5.41, 5.74) is 3.21. The monoisotopic (exact) mass is 291 g/mol. The molecular formula is C14H11ClFN3O. The average molecular weight is 292 g/mol. The fourth-order valence-electron chi connectivity index (χ4n) is 1.53. The van der Waals surface area contributed by atoms with E-state index in [1.165, 1.54) is 24.4 Å². The van der Waals surface area contributed by atoms with Crippen molar-refractivity contribution in [2.45, 2.75) is 6.42 Å². The summed E-state index contributed by atoms with van der Waals surface area (Å²) >= 11 is 5.84. The van der Waals surface area contributed by atoms with Crippen LogP contribution in [0.2, 0.25) is 5.02 Å². The number of hydrazone groups is 1. The normalized spacial score (nSPS) is 10.7. The van der Waals surface area contributed by atoms with Gasteiger partial charge in [-0.1, -0.05) is 23.7 Å². The molecule has 0 saturated carbocycles. The van der Waals surface area contributed by atoms with Gasteiger partial charge < -0.3 is 0 Å². The van der Waals surface area contributed by atoms with E-state index in [0.717, 1.165) is 5.56 Å².